The number of aromatic nitrogens is 1. The van der Waals surface area contributed by atoms with E-state index in [2.05, 4.69) is 5.16 Å². The number of fused-ring (bicyclic) bond motifs is 1. The minimum absolute atomic E-state index is 0.285. The molecule has 3 aromatic carbocycles. The third-order valence-electron chi connectivity index (χ3n) is 4.85. The zero-order valence-corrected chi connectivity index (χ0v) is 17.2. The molecule has 0 saturated heterocycles. The van der Waals surface area contributed by atoms with E-state index in [1.807, 2.05) is 37.3 Å². The summed E-state index contributed by atoms with van der Waals surface area (Å²) in [6.45, 7) is 3.99. The maximum Gasteiger partial charge on any atom is 0.338 e. The van der Waals surface area contributed by atoms with Gasteiger partial charge in [0, 0.05) is 11.1 Å². The summed E-state index contributed by atoms with van der Waals surface area (Å²) in [7, 11) is 0. The van der Waals surface area contributed by atoms with Gasteiger partial charge in [-0.3, -0.25) is 4.79 Å². The average molecular weight is 415 g/mol. The van der Waals surface area contributed by atoms with E-state index >= 15 is 0 Å². The fraction of sp³-hybridized carbons (Fsp3) is 0.160. The summed E-state index contributed by atoms with van der Waals surface area (Å²) in [6.07, 6.45) is -0.933. The van der Waals surface area contributed by atoms with Gasteiger partial charge in [0.2, 0.25) is 5.78 Å². The number of hydrogen-bond donors (Lipinski definition) is 0. The molecule has 0 saturated carbocycles. The molecule has 0 aliphatic rings. The predicted molar refractivity (Wildman–Crippen MR) is 116 cm³/mol. The van der Waals surface area contributed by atoms with Gasteiger partial charge in [0.05, 0.1) is 17.6 Å². The minimum atomic E-state index is -0.933. The van der Waals surface area contributed by atoms with Crippen LogP contribution in [0.3, 0.4) is 0 Å². The number of nitrogens with zero attached hydrogens (tertiary/aromatic N) is 1. The molecule has 1 atom stereocenters. The van der Waals surface area contributed by atoms with Crippen molar-refractivity contribution in [1.82, 2.24) is 5.16 Å². The molecule has 0 spiro atoms. The second-order valence-electron chi connectivity index (χ2n) is 6.98. The summed E-state index contributed by atoms with van der Waals surface area (Å²) in [5, 5.41) is 4.75. The van der Waals surface area contributed by atoms with E-state index in [0.717, 1.165) is 5.56 Å². The third-order valence-corrected chi connectivity index (χ3v) is 4.85. The molecule has 31 heavy (non-hydrogen) atoms. The number of ether oxygens (including phenoxy) is 2. The van der Waals surface area contributed by atoms with Crippen molar-refractivity contribution in [3.05, 3.63) is 83.9 Å². The van der Waals surface area contributed by atoms with Gasteiger partial charge in [-0.15, -0.1) is 0 Å². The van der Waals surface area contributed by atoms with Crippen molar-refractivity contribution >= 4 is 22.7 Å². The van der Waals surface area contributed by atoms with Gasteiger partial charge in [-0.2, -0.15) is 0 Å². The summed E-state index contributed by atoms with van der Waals surface area (Å²) in [6, 6.07) is 21.2. The minimum Gasteiger partial charge on any atom is -0.494 e. The molecule has 1 aromatic heterocycles. The van der Waals surface area contributed by atoms with Gasteiger partial charge in [-0.05, 0) is 56.3 Å². The molecule has 0 aliphatic carbocycles. The smallest absolute Gasteiger partial charge is 0.338 e. The molecule has 0 aliphatic heterocycles. The van der Waals surface area contributed by atoms with Crippen LogP contribution in [0.4, 0.5) is 0 Å². The predicted octanol–water partition coefficient (Wildman–Crippen LogP) is 5.32. The molecule has 1 heterocycles. The molecular formula is C25H21NO5. The Kier molecular flexibility index (Phi) is 5.80. The summed E-state index contributed by atoms with van der Waals surface area (Å²) in [5.41, 5.74) is 2.26. The normalized spacial score (nSPS) is 11.8. The van der Waals surface area contributed by atoms with Crippen LogP contribution in [0.5, 0.6) is 5.75 Å². The standard InChI is InChI=1S/C25H21NO5/c1-3-29-20-12-9-17(10-13-20)23(27)16(2)30-25(28)19-11-14-22-21(15-19)24(31-26-22)18-7-5-4-6-8-18/h4-16H,3H2,1-2H3/t16-/m1/s1. The molecule has 0 amide bonds. The zero-order chi connectivity index (χ0) is 21.8. The van der Waals surface area contributed by atoms with Crippen molar-refractivity contribution < 1.29 is 23.6 Å². The Hall–Kier alpha value is -3.93. The van der Waals surface area contributed by atoms with E-state index < -0.39 is 12.1 Å². The number of Topliss-reactive ketones (excluding diaryl/α,β-unsaturated/α-hetero) is 1. The lowest BCUT2D eigenvalue weighted by Crippen LogP contribution is -2.24. The molecule has 0 bridgehead atoms. The van der Waals surface area contributed by atoms with Crippen molar-refractivity contribution in [2.75, 3.05) is 6.61 Å². The van der Waals surface area contributed by atoms with Crippen molar-refractivity contribution in [2.24, 2.45) is 0 Å². The van der Waals surface area contributed by atoms with Gasteiger partial charge >= 0.3 is 5.97 Å². The summed E-state index contributed by atoms with van der Waals surface area (Å²) in [5.74, 6) is 0.380. The number of benzene rings is 3. The summed E-state index contributed by atoms with van der Waals surface area (Å²) >= 11 is 0. The number of esters is 1. The molecular weight excluding hydrogens is 394 g/mol. The van der Waals surface area contributed by atoms with E-state index in [1.54, 1.807) is 49.4 Å². The van der Waals surface area contributed by atoms with Crippen molar-refractivity contribution in [3.8, 4) is 17.1 Å². The average Bonchev–Trinajstić information content (AvgIpc) is 3.23. The Morgan fingerprint density at radius 2 is 1.68 bits per heavy atom. The SMILES string of the molecule is CCOc1ccc(C(=O)[C@@H](C)OC(=O)c2ccc3noc(-c4ccccc4)c3c2)cc1. The highest BCUT2D eigenvalue weighted by Crippen LogP contribution is 2.29. The van der Waals surface area contributed by atoms with Crippen LogP contribution in [0, 0.1) is 0 Å². The fourth-order valence-electron chi connectivity index (χ4n) is 3.27. The highest BCUT2D eigenvalue weighted by molar-refractivity contribution is 6.03. The molecule has 156 valence electrons. The highest BCUT2D eigenvalue weighted by atomic mass is 16.5. The van der Waals surface area contributed by atoms with Crippen LogP contribution in [0.15, 0.2) is 77.3 Å². The van der Waals surface area contributed by atoms with Crippen LogP contribution in [0.25, 0.3) is 22.2 Å². The topological polar surface area (TPSA) is 78.6 Å². The van der Waals surface area contributed by atoms with Gasteiger partial charge in [-0.1, -0.05) is 35.5 Å². The highest BCUT2D eigenvalue weighted by Gasteiger charge is 2.21. The molecule has 6 heteroatoms. The lowest BCUT2D eigenvalue weighted by atomic mass is 10.1. The van der Waals surface area contributed by atoms with Crippen molar-refractivity contribution in [3.63, 3.8) is 0 Å². The Labute approximate surface area is 179 Å². The second-order valence-corrected chi connectivity index (χ2v) is 6.98. The van der Waals surface area contributed by atoms with E-state index in [4.69, 9.17) is 14.0 Å². The van der Waals surface area contributed by atoms with Gasteiger partial charge in [0.25, 0.3) is 0 Å². The van der Waals surface area contributed by atoms with Gasteiger partial charge < -0.3 is 14.0 Å². The van der Waals surface area contributed by atoms with Crippen LogP contribution >= 0.6 is 0 Å². The molecule has 4 rings (SSSR count). The first-order valence-corrected chi connectivity index (χ1v) is 9.99. The van der Waals surface area contributed by atoms with E-state index in [1.165, 1.54) is 0 Å². The number of carbonyl (C=O) groups excluding carboxylic acids is 2. The first-order chi connectivity index (χ1) is 15.1. The number of rotatable bonds is 7. The number of hydrogen-bond acceptors (Lipinski definition) is 6. The fourth-order valence-corrected chi connectivity index (χ4v) is 3.27. The Morgan fingerprint density at radius 3 is 2.39 bits per heavy atom. The first-order valence-electron chi connectivity index (χ1n) is 9.99. The lowest BCUT2D eigenvalue weighted by molar-refractivity contribution is 0.0319. The van der Waals surface area contributed by atoms with Gasteiger partial charge in [-0.25, -0.2) is 4.79 Å². The van der Waals surface area contributed by atoms with Crippen molar-refractivity contribution in [2.45, 2.75) is 20.0 Å². The summed E-state index contributed by atoms with van der Waals surface area (Å²) < 4.78 is 16.3. The largest absolute Gasteiger partial charge is 0.494 e. The van der Waals surface area contributed by atoms with Gasteiger partial charge in [0.15, 0.2) is 11.9 Å². The van der Waals surface area contributed by atoms with E-state index in [9.17, 15) is 9.59 Å². The molecule has 4 aromatic rings. The Bertz CT molecular complexity index is 1210. The van der Waals surface area contributed by atoms with E-state index in [0.29, 0.717) is 40.1 Å². The zero-order valence-electron chi connectivity index (χ0n) is 17.2. The van der Waals surface area contributed by atoms with Crippen LogP contribution in [-0.2, 0) is 4.74 Å². The second kappa shape index (κ2) is 8.83. The van der Waals surface area contributed by atoms with Gasteiger partial charge in [0.1, 0.15) is 11.3 Å². The number of ketones is 1. The first kappa shape index (κ1) is 20.3. The monoisotopic (exact) mass is 415 g/mol. The van der Waals surface area contributed by atoms with E-state index in [-0.39, 0.29) is 5.78 Å². The van der Waals surface area contributed by atoms with Crippen LogP contribution in [0.2, 0.25) is 0 Å². The Morgan fingerprint density at radius 1 is 0.968 bits per heavy atom. The number of carbonyl (C=O) groups is 2. The van der Waals surface area contributed by atoms with Crippen molar-refractivity contribution in [1.29, 1.82) is 0 Å². The molecule has 0 N–H and O–H groups in total. The quantitative estimate of drug-likeness (QED) is 0.300. The Balaban J connectivity index is 1.52. The third kappa shape index (κ3) is 4.33. The molecule has 0 radical (unpaired) electrons. The summed E-state index contributed by atoms with van der Waals surface area (Å²) in [4.78, 5) is 25.3. The molecule has 0 unspecified atom stereocenters. The lowest BCUT2D eigenvalue weighted by Gasteiger charge is -2.13. The maximum absolute atomic E-state index is 12.7. The molecule has 0 fully saturated rings. The molecule has 6 nitrogen and oxygen atoms in total. The van der Waals surface area contributed by atoms with Crippen LogP contribution in [-0.4, -0.2) is 29.6 Å². The maximum atomic E-state index is 12.7. The van der Waals surface area contributed by atoms with Crippen LogP contribution in [0.1, 0.15) is 34.6 Å². The van der Waals surface area contributed by atoms with Crippen LogP contribution < -0.4 is 4.74 Å².